The van der Waals surface area contributed by atoms with Crippen LogP contribution < -0.4 is 5.32 Å². The fourth-order valence-electron chi connectivity index (χ4n) is 3.14. The van der Waals surface area contributed by atoms with Crippen molar-refractivity contribution in [2.24, 2.45) is 0 Å². The molecule has 1 aliphatic carbocycles. The molecule has 0 radical (unpaired) electrons. The summed E-state index contributed by atoms with van der Waals surface area (Å²) in [6, 6.07) is 8.70. The van der Waals surface area contributed by atoms with Gasteiger partial charge >= 0.3 is 0 Å². The van der Waals surface area contributed by atoms with Crippen molar-refractivity contribution in [3.63, 3.8) is 0 Å². The molecule has 0 bridgehead atoms. The highest BCUT2D eigenvalue weighted by atomic mass is 32.1. The van der Waals surface area contributed by atoms with E-state index in [1.807, 2.05) is 19.3 Å². The predicted molar refractivity (Wildman–Crippen MR) is 86.1 cm³/mol. The van der Waals surface area contributed by atoms with E-state index in [4.69, 9.17) is 4.98 Å². The van der Waals surface area contributed by atoms with E-state index in [1.165, 1.54) is 35.2 Å². The van der Waals surface area contributed by atoms with Crippen molar-refractivity contribution < 1.29 is 0 Å². The number of thiazole rings is 1. The fraction of sp³-hybridized carbons (Fsp3) is 0.375. The third-order valence-corrected chi connectivity index (χ3v) is 5.26. The Balaban J connectivity index is 1.84. The first kappa shape index (κ1) is 13.0. The molecule has 0 saturated carbocycles. The van der Waals surface area contributed by atoms with Crippen LogP contribution in [0.15, 0.2) is 30.5 Å². The van der Waals surface area contributed by atoms with Crippen LogP contribution in [0, 0.1) is 0 Å². The summed E-state index contributed by atoms with van der Waals surface area (Å²) in [6.45, 7) is 0. The summed E-state index contributed by atoms with van der Waals surface area (Å²) in [7, 11) is 2.04. The molecule has 3 aromatic rings. The molecular formula is C16H18N4S. The number of hydrogen-bond acceptors (Lipinski definition) is 4. The number of para-hydroxylation sites is 1. The summed E-state index contributed by atoms with van der Waals surface area (Å²) in [5.41, 5.74) is 3.72. The molecule has 2 aromatic heterocycles. The summed E-state index contributed by atoms with van der Waals surface area (Å²) in [4.78, 5) is 4.74. The first-order valence-electron chi connectivity index (χ1n) is 7.47. The molecule has 1 aromatic carbocycles. The van der Waals surface area contributed by atoms with Gasteiger partial charge in [-0.3, -0.25) is 0 Å². The SMILES string of the molecule is CNC1CCCCc2c1cnn2-c1nc2ccccc2s1. The maximum Gasteiger partial charge on any atom is 0.211 e. The molecule has 0 fully saturated rings. The van der Waals surface area contributed by atoms with Crippen molar-refractivity contribution >= 4 is 21.6 Å². The quantitative estimate of drug-likeness (QED) is 0.737. The topological polar surface area (TPSA) is 42.7 Å². The van der Waals surface area contributed by atoms with E-state index in [2.05, 4.69) is 33.3 Å². The number of nitrogens with zero attached hydrogens (tertiary/aromatic N) is 3. The normalized spacial score (nSPS) is 18.6. The number of hydrogen-bond donors (Lipinski definition) is 1. The van der Waals surface area contributed by atoms with Crippen LogP contribution in [0.25, 0.3) is 15.3 Å². The molecule has 1 atom stereocenters. The lowest BCUT2D eigenvalue weighted by molar-refractivity contribution is 0.533. The van der Waals surface area contributed by atoms with Gasteiger partial charge in [-0.15, -0.1) is 0 Å². The largest absolute Gasteiger partial charge is 0.313 e. The predicted octanol–water partition coefficient (Wildman–Crippen LogP) is 3.47. The molecule has 0 amide bonds. The maximum absolute atomic E-state index is 4.74. The zero-order valence-corrected chi connectivity index (χ0v) is 12.9. The highest BCUT2D eigenvalue weighted by molar-refractivity contribution is 7.20. The van der Waals surface area contributed by atoms with Crippen molar-refractivity contribution in [2.45, 2.75) is 31.7 Å². The van der Waals surface area contributed by atoms with E-state index in [1.54, 1.807) is 11.3 Å². The molecule has 0 aliphatic heterocycles. The number of fused-ring (bicyclic) bond motifs is 2. The lowest BCUT2D eigenvalue weighted by atomic mass is 10.1. The van der Waals surface area contributed by atoms with E-state index in [9.17, 15) is 0 Å². The third-order valence-electron chi connectivity index (χ3n) is 4.25. The Morgan fingerprint density at radius 3 is 3.05 bits per heavy atom. The van der Waals surface area contributed by atoms with Crippen LogP contribution in [-0.4, -0.2) is 21.8 Å². The van der Waals surface area contributed by atoms with Crippen molar-refractivity contribution in [1.82, 2.24) is 20.1 Å². The minimum absolute atomic E-state index is 0.422. The second-order valence-electron chi connectivity index (χ2n) is 5.51. The first-order valence-corrected chi connectivity index (χ1v) is 8.28. The summed E-state index contributed by atoms with van der Waals surface area (Å²) in [5.74, 6) is 0. The number of nitrogens with one attached hydrogen (secondary N) is 1. The Kier molecular flexibility index (Phi) is 3.24. The molecule has 1 unspecified atom stereocenters. The van der Waals surface area contributed by atoms with Gasteiger partial charge in [0.25, 0.3) is 0 Å². The van der Waals surface area contributed by atoms with Crippen LogP contribution in [-0.2, 0) is 6.42 Å². The molecule has 2 heterocycles. The zero-order valence-electron chi connectivity index (χ0n) is 12.0. The minimum atomic E-state index is 0.422. The zero-order chi connectivity index (χ0) is 14.2. The summed E-state index contributed by atoms with van der Waals surface area (Å²) in [5, 5.41) is 9.03. The van der Waals surface area contributed by atoms with Gasteiger partial charge in [0, 0.05) is 11.6 Å². The number of rotatable bonds is 2. The highest BCUT2D eigenvalue weighted by Crippen LogP contribution is 2.32. The lowest BCUT2D eigenvalue weighted by Gasteiger charge is -2.12. The van der Waals surface area contributed by atoms with Gasteiger partial charge in [0.05, 0.1) is 22.1 Å². The molecule has 4 nitrogen and oxygen atoms in total. The van der Waals surface area contributed by atoms with E-state index in [-0.39, 0.29) is 0 Å². The lowest BCUT2D eigenvalue weighted by Crippen LogP contribution is -2.16. The Labute approximate surface area is 127 Å². The van der Waals surface area contributed by atoms with Gasteiger partial charge < -0.3 is 5.32 Å². The molecular weight excluding hydrogens is 280 g/mol. The Hall–Kier alpha value is -1.72. The minimum Gasteiger partial charge on any atom is -0.313 e. The Morgan fingerprint density at radius 1 is 1.29 bits per heavy atom. The van der Waals surface area contributed by atoms with Gasteiger partial charge in [-0.1, -0.05) is 29.9 Å². The standard InChI is InChI=1S/C16H18N4S/c1-17-12-6-2-4-8-14-11(12)10-18-20(14)16-19-13-7-3-5-9-15(13)21-16/h3,5,7,9-10,12,17H,2,4,6,8H2,1H3. The van der Waals surface area contributed by atoms with Gasteiger partial charge in [-0.2, -0.15) is 5.10 Å². The van der Waals surface area contributed by atoms with Crippen molar-refractivity contribution in [3.05, 3.63) is 41.7 Å². The molecule has 0 spiro atoms. The van der Waals surface area contributed by atoms with E-state index in [0.717, 1.165) is 17.1 Å². The molecule has 1 N–H and O–H groups in total. The van der Waals surface area contributed by atoms with Crippen LogP contribution in [0.3, 0.4) is 0 Å². The first-order chi connectivity index (χ1) is 10.4. The smallest absolute Gasteiger partial charge is 0.211 e. The van der Waals surface area contributed by atoms with Crippen molar-refractivity contribution in [2.75, 3.05) is 7.05 Å². The second-order valence-corrected chi connectivity index (χ2v) is 6.52. The van der Waals surface area contributed by atoms with Gasteiger partial charge in [-0.05, 0) is 38.4 Å². The average molecular weight is 298 g/mol. The summed E-state index contributed by atoms with van der Waals surface area (Å²) in [6.07, 6.45) is 6.79. The fourth-order valence-corrected chi connectivity index (χ4v) is 4.09. The van der Waals surface area contributed by atoms with Gasteiger partial charge in [-0.25, -0.2) is 9.67 Å². The van der Waals surface area contributed by atoms with Gasteiger partial charge in [0.1, 0.15) is 0 Å². The van der Waals surface area contributed by atoms with E-state index < -0.39 is 0 Å². The Morgan fingerprint density at radius 2 is 2.19 bits per heavy atom. The average Bonchev–Trinajstić information content (AvgIpc) is 3.06. The summed E-state index contributed by atoms with van der Waals surface area (Å²) < 4.78 is 3.27. The second kappa shape index (κ2) is 5.24. The van der Waals surface area contributed by atoms with Crippen LogP contribution in [0.4, 0.5) is 0 Å². The van der Waals surface area contributed by atoms with Crippen molar-refractivity contribution in [3.8, 4) is 5.13 Å². The van der Waals surface area contributed by atoms with Crippen LogP contribution in [0.2, 0.25) is 0 Å². The van der Waals surface area contributed by atoms with Crippen molar-refractivity contribution in [1.29, 1.82) is 0 Å². The number of aromatic nitrogens is 3. The van der Waals surface area contributed by atoms with Crippen LogP contribution in [0.5, 0.6) is 0 Å². The number of benzene rings is 1. The van der Waals surface area contributed by atoms with Crippen LogP contribution in [0.1, 0.15) is 36.6 Å². The molecule has 108 valence electrons. The maximum atomic E-state index is 4.74. The summed E-state index contributed by atoms with van der Waals surface area (Å²) >= 11 is 1.71. The molecule has 1 aliphatic rings. The highest BCUT2D eigenvalue weighted by Gasteiger charge is 2.23. The third kappa shape index (κ3) is 2.17. The molecule has 5 heteroatoms. The van der Waals surface area contributed by atoms with Crippen LogP contribution >= 0.6 is 11.3 Å². The van der Waals surface area contributed by atoms with E-state index >= 15 is 0 Å². The molecule has 21 heavy (non-hydrogen) atoms. The Bertz CT molecular complexity index is 741. The van der Waals surface area contributed by atoms with Gasteiger partial charge in [0.15, 0.2) is 0 Å². The molecule has 0 saturated heterocycles. The van der Waals surface area contributed by atoms with E-state index in [0.29, 0.717) is 6.04 Å². The molecule has 4 rings (SSSR count). The van der Waals surface area contributed by atoms with Gasteiger partial charge in [0.2, 0.25) is 5.13 Å². The monoisotopic (exact) mass is 298 g/mol.